The Hall–Kier alpha value is -1.06. The van der Waals surface area contributed by atoms with Crippen LogP contribution in [0.4, 0.5) is 0 Å². The molecule has 0 rings (SSSR count). The van der Waals surface area contributed by atoms with Gasteiger partial charge in [0.1, 0.15) is 0 Å². The van der Waals surface area contributed by atoms with Crippen molar-refractivity contribution in [1.82, 2.24) is 10.6 Å². The van der Waals surface area contributed by atoms with Gasteiger partial charge in [0.15, 0.2) is 0 Å². The van der Waals surface area contributed by atoms with Crippen LogP contribution in [-0.4, -0.2) is 24.9 Å². The summed E-state index contributed by atoms with van der Waals surface area (Å²) in [4.78, 5) is 21.5. The van der Waals surface area contributed by atoms with E-state index in [2.05, 4.69) is 10.6 Å². The summed E-state index contributed by atoms with van der Waals surface area (Å²) in [5, 5.41) is 5.41. The normalized spacial score (nSPS) is 8.71. The molecule has 14 heavy (non-hydrogen) atoms. The van der Waals surface area contributed by atoms with Gasteiger partial charge < -0.3 is 10.6 Å². The van der Waals surface area contributed by atoms with Gasteiger partial charge in [-0.15, -0.1) is 0 Å². The monoisotopic (exact) mass is 202 g/mol. The van der Waals surface area contributed by atoms with Gasteiger partial charge in [0.05, 0.1) is 0 Å². The first-order chi connectivity index (χ1) is 6.16. The van der Waals surface area contributed by atoms with E-state index in [0.717, 1.165) is 13.0 Å². The van der Waals surface area contributed by atoms with Crippen molar-refractivity contribution in [2.45, 2.75) is 40.5 Å². The Labute approximate surface area is 86.5 Å². The van der Waals surface area contributed by atoms with Crippen LogP contribution in [0.3, 0.4) is 0 Å². The van der Waals surface area contributed by atoms with Gasteiger partial charge in [0.2, 0.25) is 11.8 Å². The summed E-state index contributed by atoms with van der Waals surface area (Å²) in [7, 11) is 0. The molecule has 4 nitrogen and oxygen atoms in total. The topological polar surface area (TPSA) is 58.2 Å². The van der Waals surface area contributed by atoms with E-state index in [1.54, 1.807) is 0 Å². The molecular formula is C10H22N2O2. The second kappa shape index (κ2) is 10.0. The molecule has 0 heterocycles. The highest BCUT2D eigenvalue weighted by molar-refractivity contribution is 5.76. The average molecular weight is 202 g/mol. The minimum atomic E-state index is -0.0473. The maximum Gasteiger partial charge on any atom is 0.220 e. The Morgan fingerprint density at radius 2 is 1.79 bits per heavy atom. The molecule has 0 atom stereocenters. The van der Waals surface area contributed by atoms with E-state index in [0.29, 0.717) is 19.4 Å². The molecule has 84 valence electrons. The van der Waals surface area contributed by atoms with E-state index in [9.17, 15) is 9.59 Å². The van der Waals surface area contributed by atoms with E-state index in [-0.39, 0.29) is 19.2 Å². The summed E-state index contributed by atoms with van der Waals surface area (Å²) in [6, 6.07) is 0. The predicted octanol–water partition coefficient (Wildman–Crippen LogP) is 1.06. The van der Waals surface area contributed by atoms with Crippen LogP contribution >= 0.6 is 0 Å². The number of carbonyl (C=O) groups excluding carboxylic acids is 2. The smallest absolute Gasteiger partial charge is 0.220 e. The lowest BCUT2D eigenvalue weighted by atomic mass is 10.3. The lowest BCUT2D eigenvalue weighted by Crippen LogP contribution is -2.26. The Morgan fingerprint density at radius 3 is 2.29 bits per heavy atom. The van der Waals surface area contributed by atoms with Crippen molar-refractivity contribution in [3.8, 4) is 0 Å². The summed E-state index contributed by atoms with van der Waals surface area (Å²) < 4.78 is 0. The third kappa shape index (κ3) is 10.9. The molecule has 0 saturated carbocycles. The number of carbonyl (C=O) groups is 2. The van der Waals surface area contributed by atoms with Crippen LogP contribution in [0, 0.1) is 0 Å². The number of rotatable bonds is 6. The SMILES string of the molecule is C.CCCNC(=O)CCCNC(C)=O. The maximum atomic E-state index is 11.0. The second-order valence-corrected chi connectivity index (χ2v) is 2.94. The third-order valence-corrected chi connectivity index (χ3v) is 1.53. The van der Waals surface area contributed by atoms with Crippen molar-refractivity contribution in [2.24, 2.45) is 0 Å². The first-order valence-electron chi connectivity index (χ1n) is 4.68. The van der Waals surface area contributed by atoms with Crippen molar-refractivity contribution in [3.05, 3.63) is 0 Å². The molecule has 0 aromatic carbocycles. The molecule has 0 unspecified atom stereocenters. The second-order valence-electron chi connectivity index (χ2n) is 2.94. The van der Waals surface area contributed by atoms with Gasteiger partial charge >= 0.3 is 0 Å². The van der Waals surface area contributed by atoms with Crippen LogP contribution < -0.4 is 10.6 Å². The quantitative estimate of drug-likeness (QED) is 0.633. The number of amides is 2. The molecule has 0 aliphatic rings. The van der Waals surface area contributed by atoms with Crippen molar-refractivity contribution < 1.29 is 9.59 Å². The fraction of sp³-hybridized carbons (Fsp3) is 0.800. The van der Waals surface area contributed by atoms with E-state index in [4.69, 9.17) is 0 Å². The highest BCUT2D eigenvalue weighted by atomic mass is 16.2. The van der Waals surface area contributed by atoms with Crippen LogP contribution in [0.25, 0.3) is 0 Å². The third-order valence-electron chi connectivity index (χ3n) is 1.53. The molecule has 0 aromatic rings. The van der Waals surface area contributed by atoms with Crippen molar-refractivity contribution in [1.29, 1.82) is 0 Å². The van der Waals surface area contributed by atoms with E-state index < -0.39 is 0 Å². The number of hydrogen-bond donors (Lipinski definition) is 2. The highest BCUT2D eigenvalue weighted by Gasteiger charge is 1.99. The molecule has 0 aromatic heterocycles. The molecule has 0 bridgehead atoms. The summed E-state index contributed by atoms with van der Waals surface area (Å²) in [6.45, 7) is 4.79. The molecule has 0 saturated heterocycles. The van der Waals surface area contributed by atoms with Crippen LogP contribution in [0.1, 0.15) is 40.5 Å². The molecule has 0 radical (unpaired) electrons. The van der Waals surface area contributed by atoms with E-state index in [1.807, 2.05) is 6.92 Å². The molecular weight excluding hydrogens is 180 g/mol. The Bertz CT molecular complexity index is 170. The zero-order valence-electron chi connectivity index (χ0n) is 8.35. The summed E-state index contributed by atoms with van der Waals surface area (Å²) in [5.74, 6) is 0.0150. The summed E-state index contributed by atoms with van der Waals surface area (Å²) >= 11 is 0. The molecule has 0 spiro atoms. The standard InChI is InChI=1S/C9H18N2O2.CH4/c1-3-6-11-9(13)5-4-7-10-8(2)12;/h3-7H2,1-2H3,(H,10,12)(H,11,13);1H4. The Morgan fingerprint density at radius 1 is 1.14 bits per heavy atom. The van der Waals surface area contributed by atoms with Crippen molar-refractivity contribution in [3.63, 3.8) is 0 Å². The lowest BCUT2D eigenvalue weighted by Gasteiger charge is -2.03. The fourth-order valence-corrected chi connectivity index (χ4v) is 0.866. The molecule has 4 heteroatoms. The molecule has 0 aliphatic carbocycles. The zero-order valence-corrected chi connectivity index (χ0v) is 8.35. The minimum absolute atomic E-state index is 0. The zero-order chi connectivity index (χ0) is 10.1. The Kier molecular flexibility index (Phi) is 11.0. The molecule has 0 fully saturated rings. The van der Waals surface area contributed by atoms with Gasteiger partial charge in [-0.2, -0.15) is 0 Å². The molecule has 2 N–H and O–H groups in total. The Balaban J connectivity index is 0. The summed E-state index contributed by atoms with van der Waals surface area (Å²) in [5.41, 5.74) is 0. The van der Waals surface area contributed by atoms with Crippen LogP contribution in [0.5, 0.6) is 0 Å². The van der Waals surface area contributed by atoms with E-state index >= 15 is 0 Å². The van der Waals surface area contributed by atoms with Crippen LogP contribution in [-0.2, 0) is 9.59 Å². The molecule has 2 amide bonds. The van der Waals surface area contributed by atoms with Gasteiger partial charge in [-0.3, -0.25) is 9.59 Å². The number of hydrogen-bond acceptors (Lipinski definition) is 2. The van der Waals surface area contributed by atoms with Crippen molar-refractivity contribution >= 4 is 11.8 Å². The van der Waals surface area contributed by atoms with Gasteiger partial charge in [0, 0.05) is 26.4 Å². The van der Waals surface area contributed by atoms with Gasteiger partial charge in [0.25, 0.3) is 0 Å². The van der Waals surface area contributed by atoms with Gasteiger partial charge in [-0.25, -0.2) is 0 Å². The fourth-order valence-electron chi connectivity index (χ4n) is 0.866. The van der Waals surface area contributed by atoms with Gasteiger partial charge in [-0.1, -0.05) is 14.4 Å². The highest BCUT2D eigenvalue weighted by Crippen LogP contribution is 1.87. The van der Waals surface area contributed by atoms with Crippen molar-refractivity contribution in [2.75, 3.05) is 13.1 Å². The van der Waals surface area contributed by atoms with Crippen LogP contribution in [0.2, 0.25) is 0 Å². The van der Waals surface area contributed by atoms with E-state index in [1.165, 1.54) is 6.92 Å². The summed E-state index contributed by atoms with van der Waals surface area (Å²) in [6.07, 6.45) is 2.15. The first-order valence-corrected chi connectivity index (χ1v) is 4.68. The lowest BCUT2D eigenvalue weighted by molar-refractivity contribution is -0.122. The number of nitrogens with one attached hydrogen (secondary N) is 2. The van der Waals surface area contributed by atoms with Gasteiger partial charge in [-0.05, 0) is 12.8 Å². The predicted molar refractivity (Wildman–Crippen MR) is 57.9 cm³/mol. The van der Waals surface area contributed by atoms with Crippen LogP contribution in [0.15, 0.2) is 0 Å². The maximum absolute atomic E-state index is 11.0. The largest absolute Gasteiger partial charge is 0.356 e. The molecule has 0 aliphatic heterocycles. The first kappa shape index (κ1) is 15.4. The minimum Gasteiger partial charge on any atom is -0.356 e. The average Bonchev–Trinajstić information content (AvgIpc) is 2.08.